The van der Waals surface area contributed by atoms with E-state index in [1.807, 2.05) is 0 Å². The Kier molecular flexibility index (Phi) is 3.12. The molecule has 21 heavy (non-hydrogen) atoms. The summed E-state index contributed by atoms with van der Waals surface area (Å²) in [4.78, 5) is 19.0. The molecule has 6 heteroatoms. The molecule has 1 N–H and O–H groups in total. The Morgan fingerprint density at radius 2 is 2.24 bits per heavy atom. The molecule has 0 saturated carbocycles. The van der Waals surface area contributed by atoms with Gasteiger partial charge in [0.15, 0.2) is 0 Å². The number of hydrogen-bond acceptors (Lipinski definition) is 4. The Labute approximate surface area is 127 Å². The molecule has 0 aliphatic carbocycles. The first-order chi connectivity index (χ1) is 10.2. The standard InChI is InChI=1S/C15H16ClN3O2/c16-14-10-3-6-21-13(10)7-11(17-14)15(20)18-12-8-19-4-1-9(12)2-5-19/h3,6-7,9,12H,1-2,4-5,8H2,(H,18,20). The highest BCUT2D eigenvalue weighted by Crippen LogP contribution is 2.28. The Balaban J connectivity index is 1.56. The first-order valence-electron chi connectivity index (χ1n) is 7.27. The monoisotopic (exact) mass is 305 g/mol. The first-order valence-corrected chi connectivity index (χ1v) is 7.65. The number of hydrogen-bond donors (Lipinski definition) is 1. The minimum atomic E-state index is -0.172. The van der Waals surface area contributed by atoms with Gasteiger partial charge in [-0.3, -0.25) is 4.79 Å². The third kappa shape index (κ3) is 2.30. The fraction of sp³-hybridized carbons (Fsp3) is 0.467. The van der Waals surface area contributed by atoms with Gasteiger partial charge in [0.1, 0.15) is 16.4 Å². The highest BCUT2D eigenvalue weighted by Gasteiger charge is 2.35. The second kappa shape index (κ2) is 5.00. The molecule has 0 spiro atoms. The van der Waals surface area contributed by atoms with E-state index in [0.29, 0.717) is 22.3 Å². The number of amides is 1. The van der Waals surface area contributed by atoms with E-state index < -0.39 is 0 Å². The lowest BCUT2D eigenvalue weighted by Crippen LogP contribution is -2.57. The van der Waals surface area contributed by atoms with E-state index in [1.165, 1.54) is 0 Å². The van der Waals surface area contributed by atoms with Gasteiger partial charge >= 0.3 is 0 Å². The third-order valence-corrected chi connectivity index (χ3v) is 4.90. The number of nitrogens with zero attached hydrogens (tertiary/aromatic N) is 2. The number of carbonyl (C=O) groups excluding carboxylic acids is 1. The van der Waals surface area contributed by atoms with Crippen LogP contribution in [0, 0.1) is 5.92 Å². The second-order valence-corrected chi connectivity index (χ2v) is 6.21. The van der Waals surface area contributed by atoms with Crippen molar-refractivity contribution in [3.8, 4) is 0 Å². The fourth-order valence-corrected chi connectivity index (χ4v) is 3.66. The number of pyridine rings is 1. The van der Waals surface area contributed by atoms with Crippen molar-refractivity contribution in [1.82, 2.24) is 15.2 Å². The van der Waals surface area contributed by atoms with Gasteiger partial charge in [-0.25, -0.2) is 4.98 Å². The van der Waals surface area contributed by atoms with E-state index in [4.69, 9.17) is 16.0 Å². The van der Waals surface area contributed by atoms with Crippen molar-refractivity contribution >= 4 is 28.5 Å². The zero-order valence-electron chi connectivity index (χ0n) is 11.5. The van der Waals surface area contributed by atoms with E-state index in [-0.39, 0.29) is 11.9 Å². The molecule has 0 aromatic carbocycles. The lowest BCUT2D eigenvalue weighted by molar-refractivity contribution is 0.0618. The van der Waals surface area contributed by atoms with Gasteiger partial charge in [0, 0.05) is 18.7 Å². The van der Waals surface area contributed by atoms with Crippen molar-refractivity contribution in [3.05, 3.63) is 29.2 Å². The lowest BCUT2D eigenvalue weighted by atomic mass is 9.84. The Morgan fingerprint density at radius 3 is 2.95 bits per heavy atom. The van der Waals surface area contributed by atoms with Crippen molar-refractivity contribution in [2.24, 2.45) is 5.92 Å². The quantitative estimate of drug-likeness (QED) is 0.865. The van der Waals surface area contributed by atoms with Gasteiger partial charge in [-0.2, -0.15) is 0 Å². The molecule has 3 aliphatic rings. The molecule has 2 bridgehead atoms. The molecule has 5 nitrogen and oxygen atoms in total. The minimum Gasteiger partial charge on any atom is -0.464 e. The predicted molar refractivity (Wildman–Crippen MR) is 79.4 cm³/mol. The smallest absolute Gasteiger partial charge is 0.270 e. The largest absolute Gasteiger partial charge is 0.464 e. The van der Waals surface area contributed by atoms with Crippen LogP contribution in [0.2, 0.25) is 5.15 Å². The molecule has 1 unspecified atom stereocenters. The van der Waals surface area contributed by atoms with Crippen LogP contribution in [0.25, 0.3) is 11.0 Å². The van der Waals surface area contributed by atoms with Gasteiger partial charge in [-0.1, -0.05) is 11.6 Å². The molecule has 110 valence electrons. The Bertz CT molecular complexity index is 691. The molecule has 5 rings (SSSR count). The molecular formula is C15H16ClN3O2. The van der Waals surface area contributed by atoms with Crippen LogP contribution in [0.4, 0.5) is 0 Å². The van der Waals surface area contributed by atoms with Crippen LogP contribution < -0.4 is 5.32 Å². The number of carbonyl (C=O) groups is 1. The van der Waals surface area contributed by atoms with Crippen LogP contribution >= 0.6 is 11.6 Å². The third-order valence-electron chi connectivity index (χ3n) is 4.61. The molecule has 1 amide bonds. The van der Waals surface area contributed by atoms with Crippen LogP contribution in [-0.4, -0.2) is 41.5 Å². The Morgan fingerprint density at radius 1 is 1.43 bits per heavy atom. The normalized spacial score (nSPS) is 28.0. The number of piperidine rings is 3. The predicted octanol–water partition coefficient (Wildman–Crippen LogP) is 2.31. The summed E-state index contributed by atoms with van der Waals surface area (Å²) in [5.74, 6) is 0.413. The fourth-order valence-electron chi connectivity index (χ4n) is 3.41. The van der Waals surface area contributed by atoms with Gasteiger partial charge in [0.05, 0.1) is 11.6 Å². The van der Waals surface area contributed by atoms with Crippen molar-refractivity contribution in [2.75, 3.05) is 19.6 Å². The zero-order valence-corrected chi connectivity index (χ0v) is 12.3. The van der Waals surface area contributed by atoms with E-state index in [0.717, 1.165) is 37.9 Å². The average Bonchev–Trinajstić information content (AvgIpc) is 2.97. The lowest BCUT2D eigenvalue weighted by Gasteiger charge is -2.44. The average molecular weight is 306 g/mol. The van der Waals surface area contributed by atoms with Crippen LogP contribution in [0.1, 0.15) is 23.3 Å². The molecule has 3 fully saturated rings. The molecule has 2 aromatic rings. The van der Waals surface area contributed by atoms with Crippen molar-refractivity contribution in [3.63, 3.8) is 0 Å². The van der Waals surface area contributed by atoms with Crippen LogP contribution in [0.5, 0.6) is 0 Å². The summed E-state index contributed by atoms with van der Waals surface area (Å²) in [6, 6.07) is 3.62. The van der Waals surface area contributed by atoms with E-state index in [9.17, 15) is 4.79 Å². The van der Waals surface area contributed by atoms with Gasteiger partial charge in [0.25, 0.3) is 5.91 Å². The molecule has 3 saturated heterocycles. The number of nitrogens with one attached hydrogen (secondary N) is 1. The zero-order chi connectivity index (χ0) is 14.4. The van der Waals surface area contributed by atoms with E-state index in [2.05, 4.69) is 15.2 Å². The first kappa shape index (κ1) is 13.1. The van der Waals surface area contributed by atoms with Gasteiger partial charge < -0.3 is 14.6 Å². The molecule has 3 aliphatic heterocycles. The van der Waals surface area contributed by atoms with Crippen molar-refractivity contribution < 1.29 is 9.21 Å². The van der Waals surface area contributed by atoms with Crippen molar-refractivity contribution in [2.45, 2.75) is 18.9 Å². The highest BCUT2D eigenvalue weighted by atomic mass is 35.5. The highest BCUT2D eigenvalue weighted by molar-refractivity contribution is 6.34. The number of rotatable bonds is 2. The molecule has 2 aromatic heterocycles. The second-order valence-electron chi connectivity index (χ2n) is 5.85. The van der Waals surface area contributed by atoms with Gasteiger partial charge in [-0.15, -0.1) is 0 Å². The maximum absolute atomic E-state index is 12.4. The summed E-state index contributed by atoms with van der Waals surface area (Å²) in [5, 5.41) is 4.15. The minimum absolute atomic E-state index is 0.172. The van der Waals surface area contributed by atoms with Crippen LogP contribution in [0.3, 0.4) is 0 Å². The summed E-state index contributed by atoms with van der Waals surface area (Å²) in [6.07, 6.45) is 3.87. The number of furan rings is 1. The maximum atomic E-state index is 12.4. The van der Waals surface area contributed by atoms with E-state index in [1.54, 1.807) is 18.4 Å². The van der Waals surface area contributed by atoms with Crippen LogP contribution in [-0.2, 0) is 0 Å². The molecule has 1 atom stereocenters. The number of fused-ring (bicyclic) bond motifs is 4. The summed E-state index contributed by atoms with van der Waals surface area (Å²) < 4.78 is 5.32. The summed E-state index contributed by atoms with van der Waals surface area (Å²) in [5.41, 5.74) is 0.910. The summed E-state index contributed by atoms with van der Waals surface area (Å²) >= 11 is 6.09. The van der Waals surface area contributed by atoms with Gasteiger partial charge in [0.2, 0.25) is 0 Å². The molecule has 5 heterocycles. The van der Waals surface area contributed by atoms with Crippen LogP contribution in [0.15, 0.2) is 22.8 Å². The molecular weight excluding hydrogens is 290 g/mol. The van der Waals surface area contributed by atoms with Crippen molar-refractivity contribution in [1.29, 1.82) is 0 Å². The summed E-state index contributed by atoms with van der Waals surface area (Å²) in [6.45, 7) is 3.24. The SMILES string of the molecule is O=C(NC1CN2CCC1CC2)c1cc2occc2c(Cl)n1. The number of halogens is 1. The topological polar surface area (TPSA) is 58.4 Å². The molecule has 0 radical (unpaired) electrons. The summed E-state index contributed by atoms with van der Waals surface area (Å²) in [7, 11) is 0. The van der Waals surface area contributed by atoms with E-state index >= 15 is 0 Å². The maximum Gasteiger partial charge on any atom is 0.270 e. The Hall–Kier alpha value is -1.59. The number of aromatic nitrogens is 1. The van der Waals surface area contributed by atoms with Gasteiger partial charge in [-0.05, 0) is 37.9 Å².